The summed E-state index contributed by atoms with van der Waals surface area (Å²) in [5, 5.41) is 4.00. The van der Waals surface area contributed by atoms with Gasteiger partial charge in [0.2, 0.25) is 21.8 Å². The first kappa shape index (κ1) is 32.8. The van der Waals surface area contributed by atoms with Gasteiger partial charge in [0.1, 0.15) is 6.04 Å². The molecule has 1 aliphatic rings. The average Bonchev–Trinajstić information content (AvgIpc) is 3.48. The lowest BCUT2D eigenvalue weighted by Crippen LogP contribution is -2.52. The molecule has 43 heavy (non-hydrogen) atoms. The van der Waals surface area contributed by atoms with Crippen LogP contribution in [-0.4, -0.2) is 50.0 Å². The number of hydrogen-bond acceptors (Lipinski definition) is 4. The highest BCUT2D eigenvalue weighted by molar-refractivity contribution is 7.92. The summed E-state index contributed by atoms with van der Waals surface area (Å²) in [6.45, 7) is 2.01. The number of rotatable bonds is 13. The molecule has 0 bridgehead atoms. The van der Waals surface area contributed by atoms with Gasteiger partial charge in [0, 0.05) is 47.6 Å². The normalized spacial score (nSPS) is 14.3. The lowest BCUT2D eigenvalue weighted by molar-refractivity contribution is -0.141. The molecular formula is C33H39Cl2N3O4S. The summed E-state index contributed by atoms with van der Waals surface area (Å²) in [6.07, 6.45) is 5.70. The second kappa shape index (κ2) is 15.1. The van der Waals surface area contributed by atoms with E-state index < -0.39 is 16.1 Å². The zero-order valence-corrected chi connectivity index (χ0v) is 27.0. The van der Waals surface area contributed by atoms with E-state index in [9.17, 15) is 18.0 Å². The molecule has 1 unspecified atom stereocenters. The first-order chi connectivity index (χ1) is 20.5. The zero-order chi connectivity index (χ0) is 31.0. The van der Waals surface area contributed by atoms with E-state index >= 15 is 0 Å². The van der Waals surface area contributed by atoms with Crippen LogP contribution in [0.1, 0.15) is 55.2 Å². The Morgan fingerprint density at radius 3 is 2.19 bits per heavy atom. The van der Waals surface area contributed by atoms with Crippen LogP contribution in [0.3, 0.4) is 0 Å². The highest BCUT2D eigenvalue weighted by Gasteiger charge is 2.33. The third kappa shape index (κ3) is 8.97. The van der Waals surface area contributed by atoms with Gasteiger partial charge in [-0.1, -0.05) is 90.6 Å². The van der Waals surface area contributed by atoms with Crippen LogP contribution in [0.2, 0.25) is 10.0 Å². The number of amides is 2. The van der Waals surface area contributed by atoms with Crippen molar-refractivity contribution >= 4 is 50.7 Å². The Kier molecular flexibility index (Phi) is 11.5. The lowest BCUT2D eigenvalue weighted by Gasteiger charge is -2.33. The molecule has 1 aliphatic carbocycles. The van der Waals surface area contributed by atoms with Crippen LogP contribution in [0.5, 0.6) is 0 Å². The third-order valence-electron chi connectivity index (χ3n) is 7.90. The summed E-state index contributed by atoms with van der Waals surface area (Å²) < 4.78 is 26.8. The molecule has 0 aliphatic heterocycles. The molecule has 1 fully saturated rings. The first-order valence-corrected chi connectivity index (χ1v) is 17.2. The Labute approximate surface area is 265 Å². The van der Waals surface area contributed by atoms with Gasteiger partial charge in [-0.25, -0.2) is 8.42 Å². The molecule has 7 nitrogen and oxygen atoms in total. The standard InChI is InChI=1S/C33H39Cl2N3O4S/c1-24-12-6-9-19-30(24)38(43(2,41)42)21-11-20-32(39)37(23-27-28(34)17-10-18-29(27)35)31(22-25-13-4-3-5-14-25)33(40)36-26-15-7-8-16-26/h3-6,9-10,12-14,17-19,26,31H,7-8,11,15-16,20-23H2,1-2H3,(H,36,40). The SMILES string of the molecule is Cc1ccccc1N(CCCC(=O)N(Cc1c(Cl)cccc1Cl)C(Cc1ccccc1)C(=O)NC1CCCC1)S(C)(=O)=O. The predicted octanol–water partition coefficient (Wildman–Crippen LogP) is 6.55. The van der Waals surface area contributed by atoms with Gasteiger partial charge in [0.25, 0.3) is 0 Å². The number of para-hydroxylation sites is 1. The molecule has 0 aromatic heterocycles. The molecule has 10 heteroatoms. The molecule has 1 saturated carbocycles. The fraction of sp³-hybridized carbons (Fsp3) is 0.394. The molecule has 1 N–H and O–H groups in total. The molecule has 1 atom stereocenters. The van der Waals surface area contributed by atoms with E-state index in [4.69, 9.17) is 23.2 Å². The fourth-order valence-corrected chi connectivity index (χ4v) is 7.14. The molecule has 0 saturated heterocycles. The van der Waals surface area contributed by atoms with Gasteiger partial charge < -0.3 is 10.2 Å². The molecule has 2 amide bonds. The summed E-state index contributed by atoms with van der Waals surface area (Å²) in [6, 6.07) is 21.3. The van der Waals surface area contributed by atoms with E-state index in [0.29, 0.717) is 27.7 Å². The topological polar surface area (TPSA) is 86.8 Å². The molecule has 4 rings (SSSR count). The van der Waals surface area contributed by atoms with Gasteiger partial charge in [0.05, 0.1) is 11.9 Å². The molecule has 230 valence electrons. The largest absolute Gasteiger partial charge is 0.352 e. The van der Waals surface area contributed by atoms with Gasteiger partial charge in [-0.15, -0.1) is 0 Å². The molecule has 3 aromatic rings. The van der Waals surface area contributed by atoms with Crippen molar-refractivity contribution in [1.82, 2.24) is 10.2 Å². The van der Waals surface area contributed by atoms with Crippen molar-refractivity contribution in [3.05, 3.63) is 99.5 Å². The van der Waals surface area contributed by atoms with E-state index in [1.54, 1.807) is 35.2 Å². The van der Waals surface area contributed by atoms with Crippen molar-refractivity contribution in [3.8, 4) is 0 Å². The smallest absolute Gasteiger partial charge is 0.243 e. The van der Waals surface area contributed by atoms with Gasteiger partial charge in [0.15, 0.2) is 0 Å². The number of carbonyl (C=O) groups is 2. The summed E-state index contributed by atoms with van der Waals surface area (Å²) in [5.41, 5.74) is 2.87. The second-order valence-corrected chi connectivity index (χ2v) is 13.9. The predicted molar refractivity (Wildman–Crippen MR) is 174 cm³/mol. The maximum Gasteiger partial charge on any atom is 0.243 e. The number of aryl methyl sites for hydroxylation is 1. The monoisotopic (exact) mass is 643 g/mol. The number of carbonyl (C=O) groups excluding carboxylic acids is 2. The number of benzene rings is 3. The van der Waals surface area contributed by atoms with Crippen LogP contribution < -0.4 is 9.62 Å². The van der Waals surface area contributed by atoms with E-state index in [1.165, 1.54) is 4.31 Å². The van der Waals surface area contributed by atoms with Crippen molar-refractivity contribution in [2.75, 3.05) is 17.1 Å². The quantitative estimate of drug-likeness (QED) is 0.229. The maximum absolute atomic E-state index is 14.1. The number of nitrogens with zero attached hydrogens (tertiary/aromatic N) is 2. The molecule has 0 radical (unpaired) electrons. The summed E-state index contributed by atoms with van der Waals surface area (Å²) in [7, 11) is -3.59. The summed E-state index contributed by atoms with van der Waals surface area (Å²) in [5.74, 6) is -0.498. The Bertz CT molecular complexity index is 1490. The number of nitrogens with one attached hydrogen (secondary N) is 1. The van der Waals surface area contributed by atoms with E-state index in [0.717, 1.165) is 43.1 Å². The van der Waals surface area contributed by atoms with Crippen LogP contribution in [-0.2, 0) is 32.6 Å². The Balaban J connectivity index is 1.63. The van der Waals surface area contributed by atoms with Crippen LogP contribution >= 0.6 is 23.2 Å². The van der Waals surface area contributed by atoms with Gasteiger partial charge >= 0.3 is 0 Å². The molecular weight excluding hydrogens is 605 g/mol. The highest BCUT2D eigenvalue weighted by atomic mass is 35.5. The van der Waals surface area contributed by atoms with Gasteiger partial charge in [-0.3, -0.25) is 13.9 Å². The Morgan fingerprint density at radius 1 is 0.930 bits per heavy atom. The van der Waals surface area contributed by atoms with Crippen molar-refractivity contribution in [1.29, 1.82) is 0 Å². The third-order valence-corrected chi connectivity index (χ3v) is 9.79. The fourth-order valence-electron chi connectivity index (χ4n) is 5.60. The number of anilines is 1. The molecule has 0 spiro atoms. The minimum atomic E-state index is -3.59. The van der Waals surface area contributed by atoms with Gasteiger partial charge in [-0.2, -0.15) is 0 Å². The number of hydrogen-bond donors (Lipinski definition) is 1. The van der Waals surface area contributed by atoms with Crippen molar-refractivity contribution in [3.63, 3.8) is 0 Å². The first-order valence-electron chi connectivity index (χ1n) is 14.6. The summed E-state index contributed by atoms with van der Waals surface area (Å²) >= 11 is 13.1. The number of sulfonamides is 1. The van der Waals surface area contributed by atoms with E-state index in [2.05, 4.69) is 5.32 Å². The zero-order valence-electron chi connectivity index (χ0n) is 24.6. The van der Waals surface area contributed by atoms with E-state index in [1.807, 2.05) is 49.4 Å². The second-order valence-electron chi connectivity index (χ2n) is 11.1. The van der Waals surface area contributed by atoms with E-state index in [-0.39, 0.29) is 43.8 Å². The highest BCUT2D eigenvalue weighted by Crippen LogP contribution is 2.29. The number of halogens is 2. The molecule has 3 aromatic carbocycles. The molecule has 0 heterocycles. The minimum absolute atomic E-state index is 0.0297. The van der Waals surface area contributed by atoms with Crippen LogP contribution in [0.4, 0.5) is 5.69 Å². The van der Waals surface area contributed by atoms with Gasteiger partial charge in [-0.05, 0) is 55.5 Å². The van der Waals surface area contributed by atoms with Crippen LogP contribution in [0.15, 0.2) is 72.8 Å². The maximum atomic E-state index is 14.1. The van der Waals surface area contributed by atoms with Crippen LogP contribution in [0, 0.1) is 6.92 Å². The minimum Gasteiger partial charge on any atom is -0.352 e. The van der Waals surface area contributed by atoms with Crippen molar-refractivity contribution in [2.45, 2.75) is 70.5 Å². The lowest BCUT2D eigenvalue weighted by atomic mass is 10.0. The Hall–Kier alpha value is -3.07. The average molecular weight is 645 g/mol. The Morgan fingerprint density at radius 2 is 1.56 bits per heavy atom. The van der Waals surface area contributed by atoms with Crippen molar-refractivity contribution in [2.24, 2.45) is 0 Å². The van der Waals surface area contributed by atoms with Crippen molar-refractivity contribution < 1.29 is 18.0 Å². The summed E-state index contributed by atoms with van der Waals surface area (Å²) in [4.78, 5) is 29.5. The van der Waals surface area contributed by atoms with Crippen LogP contribution in [0.25, 0.3) is 0 Å².